The van der Waals surface area contributed by atoms with Gasteiger partial charge in [0, 0.05) is 5.56 Å². The third kappa shape index (κ3) is 3.25. The monoisotopic (exact) mass is 380 g/mol. The summed E-state index contributed by atoms with van der Waals surface area (Å²) >= 11 is 0. The Morgan fingerprint density at radius 2 is 1.86 bits per heavy atom. The molecule has 0 saturated carbocycles. The maximum absolute atomic E-state index is 12.9. The lowest BCUT2D eigenvalue weighted by Gasteiger charge is -2.21. The van der Waals surface area contributed by atoms with Gasteiger partial charge in [-0.2, -0.15) is 4.98 Å². The molecule has 1 unspecified atom stereocenters. The number of rotatable bonds is 6. The highest BCUT2D eigenvalue weighted by molar-refractivity contribution is 6.04. The quantitative estimate of drug-likeness (QED) is 0.696. The lowest BCUT2D eigenvalue weighted by atomic mass is 9.95. The number of imide groups is 1. The number of nitrogens with one attached hydrogen (secondary N) is 1. The molecule has 1 N–H and O–H groups in total. The van der Waals surface area contributed by atoms with E-state index in [0.29, 0.717) is 22.8 Å². The number of carbonyl (C=O) groups excluding carboxylic acids is 2. The van der Waals surface area contributed by atoms with Gasteiger partial charge in [-0.25, -0.2) is 4.79 Å². The number of amides is 2. The van der Waals surface area contributed by atoms with Crippen LogP contribution in [0.4, 0.5) is 10.5 Å². The van der Waals surface area contributed by atoms with Crippen LogP contribution in [0.5, 0.6) is 5.75 Å². The number of para-hydroxylation sites is 1. The van der Waals surface area contributed by atoms with Crippen molar-refractivity contribution in [3.8, 4) is 5.75 Å². The van der Waals surface area contributed by atoms with Crippen LogP contribution in [0, 0.1) is 0 Å². The molecule has 3 aromatic rings. The van der Waals surface area contributed by atoms with E-state index in [2.05, 4.69) is 20.1 Å². The Bertz CT molecular complexity index is 975. The molecular formula is C19H16N4O5. The standard InChI is InChI=1S/C19H16N4O5/c1-19(13-7-9-15(10-8-13)26-11-16-20-12-27-22-16)17(24)23(18(25)28-19)21-14-5-3-2-4-6-14/h2-10,12,21H,11H2,1H3. The van der Waals surface area contributed by atoms with E-state index in [1.165, 1.54) is 6.39 Å². The molecule has 0 aliphatic carbocycles. The number of ether oxygens (including phenoxy) is 2. The fraction of sp³-hybridized carbons (Fsp3) is 0.158. The molecule has 28 heavy (non-hydrogen) atoms. The Morgan fingerprint density at radius 1 is 1.11 bits per heavy atom. The summed E-state index contributed by atoms with van der Waals surface area (Å²) in [5.74, 6) is 0.452. The first-order chi connectivity index (χ1) is 13.6. The van der Waals surface area contributed by atoms with Crippen LogP contribution in [0.1, 0.15) is 18.3 Å². The lowest BCUT2D eigenvalue weighted by Crippen LogP contribution is -2.40. The van der Waals surface area contributed by atoms with E-state index >= 15 is 0 Å². The van der Waals surface area contributed by atoms with Crippen molar-refractivity contribution in [3.05, 3.63) is 72.4 Å². The van der Waals surface area contributed by atoms with Crippen LogP contribution in [0.25, 0.3) is 0 Å². The first kappa shape index (κ1) is 17.5. The predicted molar refractivity (Wildman–Crippen MR) is 95.8 cm³/mol. The molecule has 1 saturated heterocycles. The number of aromatic nitrogens is 2. The van der Waals surface area contributed by atoms with Crippen LogP contribution in [0.3, 0.4) is 0 Å². The smallest absolute Gasteiger partial charge is 0.437 e. The average molecular weight is 380 g/mol. The van der Waals surface area contributed by atoms with Gasteiger partial charge >= 0.3 is 6.09 Å². The summed E-state index contributed by atoms with van der Waals surface area (Å²) in [5.41, 5.74) is 2.46. The summed E-state index contributed by atoms with van der Waals surface area (Å²) in [6, 6.07) is 15.6. The number of cyclic esters (lactones) is 1. The summed E-state index contributed by atoms with van der Waals surface area (Å²) in [7, 11) is 0. The normalized spacial score (nSPS) is 18.8. The molecular weight excluding hydrogens is 364 g/mol. The van der Waals surface area contributed by atoms with Gasteiger partial charge in [0.1, 0.15) is 5.75 Å². The molecule has 9 nitrogen and oxygen atoms in total. The molecule has 1 aliphatic rings. The van der Waals surface area contributed by atoms with Crippen molar-refractivity contribution < 1.29 is 23.6 Å². The van der Waals surface area contributed by atoms with Gasteiger partial charge in [-0.15, -0.1) is 5.01 Å². The Kier molecular flexibility index (Phi) is 4.40. The van der Waals surface area contributed by atoms with Gasteiger partial charge in [0.25, 0.3) is 5.91 Å². The van der Waals surface area contributed by atoms with Crippen molar-refractivity contribution in [3.63, 3.8) is 0 Å². The first-order valence-corrected chi connectivity index (χ1v) is 8.44. The summed E-state index contributed by atoms with van der Waals surface area (Å²) in [4.78, 5) is 29.0. The van der Waals surface area contributed by atoms with E-state index in [0.717, 1.165) is 5.01 Å². The Hall–Kier alpha value is -3.88. The summed E-state index contributed by atoms with van der Waals surface area (Å²) in [5, 5.41) is 4.53. The largest absolute Gasteiger partial charge is 0.485 e. The molecule has 4 rings (SSSR count). The summed E-state index contributed by atoms with van der Waals surface area (Å²) in [6.07, 6.45) is 0.451. The van der Waals surface area contributed by atoms with Crippen molar-refractivity contribution in [1.82, 2.24) is 15.1 Å². The SMILES string of the molecule is CC1(c2ccc(OCc3ncon3)cc2)OC(=O)N(Nc2ccccc2)C1=O. The van der Waals surface area contributed by atoms with E-state index < -0.39 is 17.6 Å². The van der Waals surface area contributed by atoms with E-state index in [1.54, 1.807) is 55.5 Å². The summed E-state index contributed by atoms with van der Waals surface area (Å²) < 4.78 is 15.6. The van der Waals surface area contributed by atoms with Crippen molar-refractivity contribution in [2.45, 2.75) is 19.1 Å². The van der Waals surface area contributed by atoms with Crippen molar-refractivity contribution in [2.24, 2.45) is 0 Å². The molecule has 2 heterocycles. The van der Waals surface area contributed by atoms with Crippen LogP contribution < -0.4 is 10.2 Å². The van der Waals surface area contributed by atoms with Crippen LogP contribution in [-0.2, 0) is 21.7 Å². The first-order valence-electron chi connectivity index (χ1n) is 8.44. The van der Waals surface area contributed by atoms with Crippen LogP contribution in [0.15, 0.2) is 65.5 Å². The number of carbonyl (C=O) groups is 2. The molecule has 1 fully saturated rings. The second-order valence-corrected chi connectivity index (χ2v) is 6.18. The maximum atomic E-state index is 12.9. The minimum Gasteiger partial charge on any atom is -0.485 e. The van der Waals surface area contributed by atoms with Gasteiger partial charge in [-0.3, -0.25) is 10.2 Å². The van der Waals surface area contributed by atoms with Gasteiger partial charge in [0.2, 0.25) is 17.8 Å². The molecule has 2 amide bonds. The van der Waals surface area contributed by atoms with Gasteiger partial charge in [-0.05, 0) is 31.2 Å². The van der Waals surface area contributed by atoms with Crippen LogP contribution in [-0.4, -0.2) is 27.1 Å². The number of hydrogen-bond acceptors (Lipinski definition) is 8. The van der Waals surface area contributed by atoms with E-state index in [9.17, 15) is 9.59 Å². The van der Waals surface area contributed by atoms with Crippen LogP contribution >= 0.6 is 0 Å². The Morgan fingerprint density at radius 3 is 2.54 bits per heavy atom. The molecule has 9 heteroatoms. The molecule has 2 aromatic carbocycles. The van der Waals surface area contributed by atoms with Gasteiger partial charge in [0.05, 0.1) is 5.69 Å². The zero-order valence-electron chi connectivity index (χ0n) is 14.9. The van der Waals surface area contributed by atoms with Gasteiger partial charge in [-0.1, -0.05) is 35.5 Å². The highest BCUT2D eigenvalue weighted by Crippen LogP contribution is 2.35. The third-order valence-corrected chi connectivity index (χ3v) is 4.28. The van der Waals surface area contributed by atoms with Crippen molar-refractivity contribution in [2.75, 3.05) is 5.43 Å². The molecule has 0 spiro atoms. The minimum absolute atomic E-state index is 0.149. The molecule has 1 aromatic heterocycles. The highest BCUT2D eigenvalue weighted by atomic mass is 16.6. The second kappa shape index (κ2) is 7.03. The Balaban J connectivity index is 1.48. The highest BCUT2D eigenvalue weighted by Gasteiger charge is 2.52. The summed E-state index contributed by atoms with van der Waals surface area (Å²) in [6.45, 7) is 1.70. The van der Waals surface area contributed by atoms with Crippen molar-refractivity contribution in [1.29, 1.82) is 0 Å². The second-order valence-electron chi connectivity index (χ2n) is 6.18. The lowest BCUT2D eigenvalue weighted by molar-refractivity contribution is -0.135. The zero-order chi connectivity index (χ0) is 19.6. The van der Waals surface area contributed by atoms with E-state index in [1.807, 2.05) is 6.07 Å². The molecule has 0 bridgehead atoms. The van der Waals surface area contributed by atoms with E-state index in [4.69, 9.17) is 9.47 Å². The molecule has 1 atom stereocenters. The molecule has 142 valence electrons. The predicted octanol–water partition coefficient (Wildman–Crippen LogP) is 2.87. The van der Waals surface area contributed by atoms with Crippen LogP contribution in [0.2, 0.25) is 0 Å². The fourth-order valence-electron chi connectivity index (χ4n) is 2.75. The zero-order valence-corrected chi connectivity index (χ0v) is 14.9. The fourth-order valence-corrected chi connectivity index (χ4v) is 2.75. The third-order valence-electron chi connectivity index (χ3n) is 4.28. The minimum atomic E-state index is -1.44. The number of hydrogen-bond donors (Lipinski definition) is 1. The van der Waals surface area contributed by atoms with Gasteiger partial charge in [0.15, 0.2) is 6.61 Å². The number of hydrazine groups is 1. The van der Waals surface area contributed by atoms with Crippen molar-refractivity contribution >= 4 is 17.7 Å². The number of anilines is 1. The molecule has 0 radical (unpaired) electrons. The maximum Gasteiger partial charge on any atom is 0.437 e. The number of benzene rings is 2. The van der Waals surface area contributed by atoms with E-state index in [-0.39, 0.29) is 6.61 Å². The Labute approximate surface area is 159 Å². The van der Waals surface area contributed by atoms with Gasteiger partial charge < -0.3 is 14.0 Å². The topological polar surface area (TPSA) is 107 Å². The average Bonchev–Trinajstić information content (AvgIpc) is 3.31. The molecule has 1 aliphatic heterocycles. The number of nitrogens with zero attached hydrogens (tertiary/aromatic N) is 3.